The summed E-state index contributed by atoms with van der Waals surface area (Å²) in [6.07, 6.45) is 11.5. The largest absolute Gasteiger partial charge is 0.518 e. The van der Waals surface area contributed by atoms with Crippen molar-refractivity contribution in [3.8, 4) is 79.0 Å². The van der Waals surface area contributed by atoms with Crippen LogP contribution in [0.2, 0.25) is 0 Å². The van der Waals surface area contributed by atoms with E-state index in [1.807, 2.05) is 130 Å². The Kier molecular flexibility index (Phi) is 11.2. The number of aryl methyl sites for hydroxylation is 1. The van der Waals surface area contributed by atoms with Crippen LogP contribution in [0.3, 0.4) is 0 Å². The molecule has 3 aromatic heterocycles. The molecule has 0 atom stereocenters. The summed E-state index contributed by atoms with van der Waals surface area (Å²) in [6, 6.07) is 69.2. The summed E-state index contributed by atoms with van der Waals surface area (Å²) in [7, 11) is 2.03. The average molecular weight is 1320 g/mol. The maximum atomic E-state index is 6.60. The molecule has 0 bridgehead atoms. The Morgan fingerprint density at radius 3 is 1.61 bits per heavy atom. The van der Waals surface area contributed by atoms with Crippen molar-refractivity contribution in [2.45, 2.75) is 19.6 Å². The smallest absolute Gasteiger partial charge is 0.212 e. The second-order valence-electron chi connectivity index (χ2n) is 17.8. The fourth-order valence-electron chi connectivity index (χ4n) is 10.3. The van der Waals surface area contributed by atoms with Gasteiger partial charge in [-0.3, -0.25) is 9.36 Å². The zero-order chi connectivity index (χ0) is 46.0. The van der Waals surface area contributed by atoms with E-state index >= 15 is 0 Å². The van der Waals surface area contributed by atoms with E-state index < -0.39 is 0 Å². The van der Waals surface area contributed by atoms with Crippen LogP contribution in [0.1, 0.15) is 0 Å². The summed E-state index contributed by atoms with van der Waals surface area (Å²) < 4.78 is 19.0. The first kappa shape index (κ1) is 45.2. The van der Waals surface area contributed by atoms with E-state index in [4.69, 9.17) is 19.7 Å². The third kappa shape index (κ3) is 7.30. The van der Waals surface area contributed by atoms with Crippen molar-refractivity contribution < 1.29 is 51.6 Å². The minimum atomic E-state index is -0.252. The number of hydrogen-bond donors (Lipinski definition) is 0. The van der Waals surface area contributed by atoms with Crippen molar-refractivity contribution in [3.05, 3.63) is 207 Å². The molecule has 348 valence electrons. The van der Waals surface area contributed by atoms with E-state index in [0.717, 1.165) is 106 Å². The molecule has 15 rings (SSSR count). The van der Waals surface area contributed by atoms with Gasteiger partial charge in [-0.2, -0.15) is 51.3 Å². The van der Waals surface area contributed by atoms with Crippen LogP contribution < -0.4 is 42.3 Å². The summed E-state index contributed by atoms with van der Waals surface area (Å²) in [5, 5.41) is 9.54. The maximum absolute atomic E-state index is 6.60. The number of aromatic nitrogens is 5. The Morgan fingerprint density at radius 2 is 0.958 bits per heavy atom. The molecule has 4 aliphatic rings. The van der Waals surface area contributed by atoms with E-state index in [1.54, 1.807) is 0 Å². The molecule has 72 heavy (non-hydrogen) atoms. The molecule has 11 aromatic rings. The van der Waals surface area contributed by atoms with E-state index in [9.17, 15) is 0 Å². The van der Waals surface area contributed by atoms with Crippen molar-refractivity contribution in [2.24, 2.45) is 7.05 Å². The predicted octanol–water partition coefficient (Wildman–Crippen LogP) is 9.03. The third-order valence-corrected chi connectivity index (χ3v) is 15.9. The van der Waals surface area contributed by atoms with Crippen molar-refractivity contribution in [1.29, 1.82) is 0 Å². The zero-order valence-electron chi connectivity index (χ0n) is 37.8. The van der Waals surface area contributed by atoms with Gasteiger partial charge in [0.05, 0.1) is 12.4 Å². The second kappa shape index (κ2) is 17.8. The van der Waals surface area contributed by atoms with Gasteiger partial charge < -0.3 is 31.2 Å². The molecule has 7 heterocycles. The molecule has 0 radical (unpaired) electrons. The minimum Gasteiger partial charge on any atom is -0.518 e. The van der Waals surface area contributed by atoms with Crippen LogP contribution in [-0.4, -0.2) is 37.6 Å². The van der Waals surface area contributed by atoms with Gasteiger partial charge in [-0.05, 0) is 69.1 Å². The van der Waals surface area contributed by atoms with Gasteiger partial charge in [0.1, 0.15) is 11.5 Å². The van der Waals surface area contributed by atoms with Crippen molar-refractivity contribution in [2.75, 3.05) is 0 Å². The first-order valence-corrected chi connectivity index (χ1v) is 24.6. The number of benzene rings is 8. The van der Waals surface area contributed by atoms with Crippen LogP contribution in [0, 0.1) is 36.5 Å². The number of fused-ring (bicyclic) bond motifs is 8. The van der Waals surface area contributed by atoms with Gasteiger partial charge in [0.2, 0.25) is 13.4 Å². The van der Waals surface area contributed by atoms with Crippen LogP contribution in [0.5, 0.6) is 23.0 Å². The number of nitrogens with zero attached hydrogens (tertiary/aromatic N) is 5. The van der Waals surface area contributed by atoms with Gasteiger partial charge in [0.25, 0.3) is 0 Å². The van der Waals surface area contributed by atoms with Crippen LogP contribution in [-0.2, 0) is 49.2 Å². The van der Waals surface area contributed by atoms with Crippen LogP contribution in [0.4, 0.5) is 0 Å². The summed E-state index contributed by atoms with van der Waals surface area (Å²) >= 11 is 3.63. The van der Waals surface area contributed by atoms with E-state index in [0.29, 0.717) is 0 Å². The van der Waals surface area contributed by atoms with E-state index in [2.05, 4.69) is 122 Å². The standard InChI is InChI=1S/C59H31B2N5O2S2.2Pt/c1-64-33-40(38-18-22-50-45(26-38)60-46-29-43(65-34-41(31-62-65)36-10-4-2-5-11-36)20-23-51(46)68-53-15-8-14-52(67-50)58(53)60)28-49(64)39-19-24-54-47(27-39)61-48-30-44(66-35-42(32-63-66)37-12-6-3-7-13-37)21-25-55(48)70-57-17-9-16-56(69-54)59(57)61;;/h2-25,31-32,34-35H,1H3;;/q-6;;. The normalized spacial score (nSPS) is 12.9. The number of ether oxygens (including phenoxy) is 2. The fraction of sp³-hybridized carbons (Fsp3) is 0.0169. The van der Waals surface area contributed by atoms with E-state index in [1.165, 1.54) is 25.0 Å². The molecular formula is C59H31B2N5O2Pt2S2-6. The summed E-state index contributed by atoms with van der Waals surface area (Å²) in [5.41, 5.74) is 15.8. The molecule has 13 heteroatoms. The van der Waals surface area contributed by atoms with Crippen molar-refractivity contribution >= 4 is 69.7 Å². The summed E-state index contributed by atoms with van der Waals surface area (Å²) in [4.78, 5) is 4.90. The molecule has 8 aromatic carbocycles. The molecule has 0 saturated heterocycles. The Hall–Kier alpha value is -6.73. The van der Waals surface area contributed by atoms with Crippen LogP contribution >= 0.6 is 23.5 Å². The maximum Gasteiger partial charge on any atom is 0.212 e. The first-order valence-electron chi connectivity index (χ1n) is 23.0. The monoisotopic (exact) mass is 1320 g/mol. The predicted molar refractivity (Wildman–Crippen MR) is 278 cm³/mol. The SMILES string of the molecule is Cn1[c-]c(-c2[c-]c3c(cc2)Oc2cccc4c2B3c2[c-]c(-n3cc(-c5ccccc5)cn3)ccc2O4)[c-]c1-c1[c-]c2c(cc1)Sc1cccc3c1B2c1[c-]c(-n2cc(-c4ccccc4)cn2)ccc1S3.[Pt].[Pt]. The van der Waals surface area contributed by atoms with Crippen LogP contribution in [0.25, 0.3) is 56.0 Å². The topological polar surface area (TPSA) is 59.0 Å². The van der Waals surface area contributed by atoms with Gasteiger partial charge in [0, 0.05) is 82.6 Å². The minimum absolute atomic E-state index is 0. The van der Waals surface area contributed by atoms with E-state index in [-0.39, 0.29) is 55.6 Å². The first-order chi connectivity index (χ1) is 34.5. The van der Waals surface area contributed by atoms with Gasteiger partial charge in [-0.25, -0.2) is 18.3 Å². The third-order valence-electron chi connectivity index (χ3n) is 13.6. The fourth-order valence-corrected chi connectivity index (χ4v) is 12.7. The van der Waals surface area contributed by atoms with Crippen molar-refractivity contribution in [3.63, 3.8) is 0 Å². The Morgan fingerprint density at radius 1 is 0.444 bits per heavy atom. The quantitative estimate of drug-likeness (QED) is 0.123. The van der Waals surface area contributed by atoms with Gasteiger partial charge in [-0.1, -0.05) is 77.7 Å². The Labute approximate surface area is 454 Å². The molecule has 0 fully saturated rings. The zero-order valence-corrected chi connectivity index (χ0v) is 44.0. The molecule has 0 unspecified atom stereocenters. The second-order valence-corrected chi connectivity index (χ2v) is 19.9. The molecule has 0 spiro atoms. The molecule has 4 aliphatic heterocycles. The number of rotatable bonds is 6. The molecule has 0 aliphatic carbocycles. The molecular weight excluding hydrogens is 1290 g/mol. The van der Waals surface area contributed by atoms with Crippen molar-refractivity contribution in [1.82, 2.24) is 24.1 Å². The number of hydrogen-bond acceptors (Lipinski definition) is 6. The average Bonchev–Trinajstić information content (AvgIpc) is 4.20. The Bertz CT molecular complexity index is 3940. The van der Waals surface area contributed by atoms with Gasteiger partial charge in [0.15, 0.2) is 0 Å². The summed E-state index contributed by atoms with van der Waals surface area (Å²) in [5.74, 6) is 2.99. The molecule has 0 saturated carbocycles. The molecule has 0 amide bonds. The van der Waals surface area contributed by atoms with Crippen LogP contribution in [0.15, 0.2) is 190 Å². The van der Waals surface area contributed by atoms with Gasteiger partial charge in [-0.15, -0.1) is 81.1 Å². The Balaban J connectivity index is 0.00000252. The molecule has 0 N–H and O–H groups in total. The van der Waals surface area contributed by atoms with Gasteiger partial charge >= 0.3 is 0 Å². The summed E-state index contributed by atoms with van der Waals surface area (Å²) in [6.45, 7) is -0.314. The molecule has 7 nitrogen and oxygen atoms in total.